The van der Waals surface area contributed by atoms with Crippen molar-refractivity contribution in [1.29, 1.82) is 0 Å². The average Bonchev–Trinajstić information content (AvgIpc) is 2.40. The molecule has 0 amide bonds. The number of hydrogen-bond acceptors (Lipinski definition) is 2. The largest absolute Gasteiger partial charge is 0.223 e. The molecule has 2 rings (SSSR count). The molecule has 0 aromatic heterocycles. The van der Waals surface area contributed by atoms with Crippen molar-refractivity contribution in [3.63, 3.8) is 0 Å². The fourth-order valence-corrected chi connectivity index (χ4v) is 2.83. The standard InChI is InChI=1S/C15H13ClO2S/c16-14-8-10-15(11-9-14)19(17,18)12-4-7-13-5-2-1-3-6-13/h1-11H,12H2/b7-4+. The number of halogens is 1. The van der Waals surface area contributed by atoms with E-state index in [1.165, 1.54) is 12.1 Å². The van der Waals surface area contributed by atoms with E-state index in [0.717, 1.165) is 5.56 Å². The summed E-state index contributed by atoms with van der Waals surface area (Å²) in [5.74, 6) is -0.0243. The van der Waals surface area contributed by atoms with Gasteiger partial charge in [-0.25, -0.2) is 8.42 Å². The van der Waals surface area contributed by atoms with E-state index >= 15 is 0 Å². The molecule has 0 fully saturated rings. The highest BCUT2D eigenvalue weighted by atomic mass is 35.5. The van der Waals surface area contributed by atoms with Crippen molar-refractivity contribution in [1.82, 2.24) is 0 Å². The van der Waals surface area contributed by atoms with Crippen LogP contribution in [-0.4, -0.2) is 14.2 Å². The molecule has 0 N–H and O–H groups in total. The fourth-order valence-electron chi connectivity index (χ4n) is 1.61. The summed E-state index contributed by atoms with van der Waals surface area (Å²) in [4.78, 5) is 0.287. The third-order valence-electron chi connectivity index (χ3n) is 2.60. The van der Waals surface area contributed by atoms with Crippen LogP contribution in [0.4, 0.5) is 0 Å². The Bertz CT molecular complexity index is 659. The first-order valence-corrected chi connectivity index (χ1v) is 7.81. The summed E-state index contributed by atoms with van der Waals surface area (Å²) < 4.78 is 24.1. The number of benzene rings is 2. The summed E-state index contributed by atoms with van der Waals surface area (Å²) in [6.45, 7) is 0. The van der Waals surface area contributed by atoms with Crippen LogP contribution >= 0.6 is 11.6 Å². The molecule has 2 aromatic rings. The smallest absolute Gasteiger partial charge is 0.181 e. The summed E-state index contributed by atoms with van der Waals surface area (Å²) in [6, 6.07) is 15.8. The maximum absolute atomic E-state index is 12.0. The first kappa shape index (κ1) is 13.8. The van der Waals surface area contributed by atoms with Crippen molar-refractivity contribution in [3.05, 3.63) is 71.3 Å². The molecule has 0 saturated heterocycles. The van der Waals surface area contributed by atoms with Gasteiger partial charge in [0.25, 0.3) is 0 Å². The van der Waals surface area contributed by atoms with Gasteiger partial charge in [0.05, 0.1) is 10.6 Å². The Morgan fingerprint density at radius 2 is 1.58 bits per heavy atom. The van der Waals surface area contributed by atoms with Gasteiger partial charge in [0.15, 0.2) is 9.84 Å². The van der Waals surface area contributed by atoms with Gasteiger partial charge >= 0.3 is 0 Å². The van der Waals surface area contributed by atoms with Crippen LogP contribution in [0.25, 0.3) is 6.08 Å². The maximum Gasteiger partial charge on any atom is 0.181 e. The zero-order chi connectivity index (χ0) is 13.7. The second-order valence-electron chi connectivity index (χ2n) is 4.05. The topological polar surface area (TPSA) is 34.1 Å². The normalized spacial score (nSPS) is 11.8. The molecule has 0 bridgehead atoms. The lowest BCUT2D eigenvalue weighted by Crippen LogP contribution is -2.04. The van der Waals surface area contributed by atoms with E-state index in [0.29, 0.717) is 5.02 Å². The predicted molar refractivity (Wildman–Crippen MR) is 79.0 cm³/mol. The minimum absolute atomic E-state index is 0.0243. The van der Waals surface area contributed by atoms with Crippen molar-refractivity contribution >= 4 is 27.5 Å². The molecule has 0 aliphatic heterocycles. The minimum Gasteiger partial charge on any atom is -0.223 e. The van der Waals surface area contributed by atoms with E-state index < -0.39 is 9.84 Å². The van der Waals surface area contributed by atoms with Gasteiger partial charge in [0, 0.05) is 5.02 Å². The first-order chi connectivity index (χ1) is 9.08. The Balaban J connectivity index is 2.10. The molecule has 0 spiro atoms. The van der Waals surface area contributed by atoms with Crippen molar-refractivity contribution in [2.45, 2.75) is 4.90 Å². The molecule has 0 radical (unpaired) electrons. The van der Waals surface area contributed by atoms with Crippen LogP contribution in [0, 0.1) is 0 Å². The molecule has 2 aromatic carbocycles. The molecule has 0 unspecified atom stereocenters. The van der Waals surface area contributed by atoms with Crippen LogP contribution in [0.3, 0.4) is 0 Å². The van der Waals surface area contributed by atoms with Gasteiger partial charge in [-0.2, -0.15) is 0 Å². The third kappa shape index (κ3) is 3.94. The van der Waals surface area contributed by atoms with Crippen molar-refractivity contribution < 1.29 is 8.42 Å². The highest BCUT2D eigenvalue weighted by Crippen LogP contribution is 2.15. The van der Waals surface area contributed by atoms with Crippen LogP contribution < -0.4 is 0 Å². The second kappa shape index (κ2) is 6.04. The molecule has 2 nitrogen and oxygen atoms in total. The monoisotopic (exact) mass is 292 g/mol. The zero-order valence-electron chi connectivity index (χ0n) is 10.2. The Hall–Kier alpha value is -1.58. The Labute approximate surface area is 118 Å². The van der Waals surface area contributed by atoms with E-state index in [-0.39, 0.29) is 10.6 Å². The highest BCUT2D eigenvalue weighted by Gasteiger charge is 2.11. The molecule has 19 heavy (non-hydrogen) atoms. The number of sulfone groups is 1. The Morgan fingerprint density at radius 1 is 0.947 bits per heavy atom. The third-order valence-corrected chi connectivity index (χ3v) is 4.47. The van der Waals surface area contributed by atoms with Crippen LogP contribution in [0.2, 0.25) is 5.02 Å². The quantitative estimate of drug-likeness (QED) is 0.858. The molecule has 4 heteroatoms. The lowest BCUT2D eigenvalue weighted by atomic mass is 10.2. The Morgan fingerprint density at radius 3 is 2.21 bits per heavy atom. The zero-order valence-corrected chi connectivity index (χ0v) is 11.7. The van der Waals surface area contributed by atoms with Gasteiger partial charge in [-0.15, -0.1) is 0 Å². The van der Waals surface area contributed by atoms with E-state index in [1.807, 2.05) is 30.3 Å². The number of rotatable bonds is 4. The summed E-state index contributed by atoms with van der Waals surface area (Å²) in [5, 5.41) is 0.527. The predicted octanol–water partition coefficient (Wildman–Crippen LogP) is 3.83. The van der Waals surface area contributed by atoms with Crippen LogP contribution in [0.1, 0.15) is 5.56 Å². The lowest BCUT2D eigenvalue weighted by Gasteiger charge is -2.01. The molecule has 0 aliphatic carbocycles. The summed E-state index contributed by atoms with van der Waals surface area (Å²) in [5.41, 5.74) is 0.980. The molecule has 0 saturated carbocycles. The highest BCUT2D eigenvalue weighted by molar-refractivity contribution is 7.91. The van der Waals surface area contributed by atoms with E-state index in [9.17, 15) is 8.42 Å². The van der Waals surface area contributed by atoms with Crippen molar-refractivity contribution in [3.8, 4) is 0 Å². The first-order valence-electron chi connectivity index (χ1n) is 5.78. The average molecular weight is 293 g/mol. The van der Waals surface area contributed by atoms with Gasteiger partial charge in [0.1, 0.15) is 0 Å². The van der Waals surface area contributed by atoms with Gasteiger partial charge in [-0.05, 0) is 29.8 Å². The van der Waals surface area contributed by atoms with Crippen molar-refractivity contribution in [2.24, 2.45) is 0 Å². The Kier molecular flexibility index (Phi) is 4.40. The molecule has 0 heterocycles. The van der Waals surface area contributed by atoms with E-state index in [2.05, 4.69) is 0 Å². The van der Waals surface area contributed by atoms with Gasteiger partial charge < -0.3 is 0 Å². The molecular weight excluding hydrogens is 280 g/mol. The van der Waals surface area contributed by atoms with E-state index in [4.69, 9.17) is 11.6 Å². The second-order valence-corrected chi connectivity index (χ2v) is 6.52. The minimum atomic E-state index is -3.29. The number of hydrogen-bond donors (Lipinski definition) is 0. The van der Waals surface area contributed by atoms with Crippen molar-refractivity contribution in [2.75, 3.05) is 5.75 Å². The van der Waals surface area contributed by atoms with E-state index in [1.54, 1.807) is 24.3 Å². The molecule has 0 aliphatic rings. The van der Waals surface area contributed by atoms with Crippen LogP contribution in [0.5, 0.6) is 0 Å². The molecular formula is C15H13ClO2S. The van der Waals surface area contributed by atoms with Gasteiger partial charge in [-0.3, -0.25) is 0 Å². The van der Waals surface area contributed by atoms with Gasteiger partial charge in [0.2, 0.25) is 0 Å². The maximum atomic E-state index is 12.0. The summed E-state index contributed by atoms with van der Waals surface area (Å²) >= 11 is 5.74. The summed E-state index contributed by atoms with van der Waals surface area (Å²) in [6.07, 6.45) is 3.45. The van der Waals surface area contributed by atoms with Crippen LogP contribution in [0.15, 0.2) is 65.6 Å². The molecule has 98 valence electrons. The molecule has 0 atom stereocenters. The SMILES string of the molecule is O=S(=O)(C/C=C/c1ccccc1)c1ccc(Cl)cc1. The fraction of sp³-hybridized carbons (Fsp3) is 0.0667. The van der Waals surface area contributed by atoms with Gasteiger partial charge in [-0.1, -0.05) is 54.1 Å². The lowest BCUT2D eigenvalue weighted by molar-refractivity contribution is 0.599. The summed E-state index contributed by atoms with van der Waals surface area (Å²) in [7, 11) is -3.29. The van der Waals surface area contributed by atoms with Crippen LogP contribution in [-0.2, 0) is 9.84 Å².